The first kappa shape index (κ1) is 23.7. The number of halogens is 1. The van der Waals surface area contributed by atoms with Crippen LogP contribution in [0.2, 0.25) is 0 Å². The zero-order valence-electron chi connectivity index (χ0n) is 18.5. The predicted octanol–water partition coefficient (Wildman–Crippen LogP) is 3.96. The van der Waals surface area contributed by atoms with Crippen LogP contribution in [0, 0.1) is 10.6 Å². The minimum absolute atomic E-state index is 0.0394. The highest BCUT2D eigenvalue weighted by atomic mass is 32.2. The molecule has 1 aromatic heterocycles. The maximum Gasteiger partial charge on any atom is 0.211 e. The summed E-state index contributed by atoms with van der Waals surface area (Å²) in [4.78, 5) is 2.22. The molecule has 0 aliphatic carbocycles. The fourth-order valence-electron chi connectivity index (χ4n) is 4.06. The summed E-state index contributed by atoms with van der Waals surface area (Å²) in [5, 5.41) is 4.80. The van der Waals surface area contributed by atoms with Crippen LogP contribution >= 0.6 is 12.2 Å². The molecule has 2 heterocycles. The maximum atomic E-state index is 13.5. The monoisotopic (exact) mass is 489 g/mol. The summed E-state index contributed by atoms with van der Waals surface area (Å²) in [5.74, 6) is 0.539. The van der Waals surface area contributed by atoms with Crippen LogP contribution in [0.4, 0.5) is 4.39 Å². The minimum Gasteiger partial charge on any atom is -0.284 e. The second-order valence-electron chi connectivity index (χ2n) is 8.25. The quantitative estimate of drug-likeness (QED) is 0.485. The van der Waals surface area contributed by atoms with E-state index in [2.05, 4.69) is 9.62 Å². The van der Waals surface area contributed by atoms with Gasteiger partial charge in [-0.1, -0.05) is 37.3 Å². The number of benzene rings is 2. The zero-order valence-corrected chi connectivity index (χ0v) is 20.2. The summed E-state index contributed by atoms with van der Waals surface area (Å²) in [7, 11) is -3.21. The molecule has 0 radical (unpaired) electrons. The summed E-state index contributed by atoms with van der Waals surface area (Å²) in [5.41, 5.74) is 1.66. The molecule has 1 aliphatic heterocycles. The fourth-order valence-corrected chi connectivity index (χ4v) is 5.75. The molecular weight excluding hydrogens is 461 g/mol. The predicted molar refractivity (Wildman–Crippen MR) is 130 cm³/mol. The fraction of sp³-hybridized carbons (Fsp3) is 0.391. The second kappa shape index (κ2) is 10.3. The molecule has 1 aliphatic rings. The number of rotatable bonds is 8. The van der Waals surface area contributed by atoms with Gasteiger partial charge in [0.2, 0.25) is 14.8 Å². The van der Waals surface area contributed by atoms with Crippen molar-refractivity contribution in [1.29, 1.82) is 0 Å². The van der Waals surface area contributed by atoms with E-state index in [0.717, 1.165) is 37.2 Å². The summed E-state index contributed by atoms with van der Waals surface area (Å²) in [6, 6.07) is 15.9. The molecule has 0 amide bonds. The number of hydrogen-bond donors (Lipinski definition) is 1. The van der Waals surface area contributed by atoms with Crippen molar-refractivity contribution in [3.63, 3.8) is 0 Å². The van der Waals surface area contributed by atoms with E-state index in [1.165, 1.54) is 12.1 Å². The number of nitrogens with zero attached hydrogens (tertiary/aromatic N) is 4. The van der Waals surface area contributed by atoms with E-state index >= 15 is 0 Å². The lowest BCUT2D eigenvalue weighted by Gasteiger charge is -2.31. The van der Waals surface area contributed by atoms with Crippen LogP contribution in [0.3, 0.4) is 0 Å². The summed E-state index contributed by atoms with van der Waals surface area (Å²) in [6.45, 7) is 3.85. The summed E-state index contributed by atoms with van der Waals surface area (Å²) < 4.78 is 44.6. The summed E-state index contributed by atoms with van der Waals surface area (Å²) in [6.07, 6.45) is 2.08. The Morgan fingerprint density at radius 2 is 1.76 bits per heavy atom. The van der Waals surface area contributed by atoms with Crippen LogP contribution in [0.1, 0.15) is 26.2 Å². The highest BCUT2D eigenvalue weighted by molar-refractivity contribution is 7.89. The molecule has 4 rings (SSSR count). The topological polar surface area (TPSA) is 72.2 Å². The third-order valence-electron chi connectivity index (χ3n) is 5.70. The van der Waals surface area contributed by atoms with E-state index in [-0.39, 0.29) is 17.6 Å². The third-order valence-corrected chi connectivity index (χ3v) is 7.73. The van der Waals surface area contributed by atoms with Gasteiger partial charge in [-0.25, -0.2) is 22.2 Å². The molecular formula is C23H28FN5O2S2. The van der Waals surface area contributed by atoms with Crippen LogP contribution in [-0.2, 0) is 16.7 Å². The van der Waals surface area contributed by atoms with Gasteiger partial charge in [0, 0.05) is 24.7 Å². The van der Waals surface area contributed by atoms with Crippen molar-refractivity contribution in [1.82, 2.24) is 24.0 Å². The number of piperidine rings is 1. The average Bonchev–Trinajstić information content (AvgIpc) is 3.12. The van der Waals surface area contributed by atoms with Gasteiger partial charge in [0.25, 0.3) is 0 Å². The van der Waals surface area contributed by atoms with Crippen molar-refractivity contribution in [2.75, 3.05) is 18.8 Å². The number of sulfonamides is 1. The smallest absolute Gasteiger partial charge is 0.211 e. The molecule has 1 N–H and O–H groups in total. The Morgan fingerprint density at radius 3 is 2.39 bits per heavy atom. The standard InChI is InChI=1S/C23H28FN5O2S2/c1-2-16-33(30,31)26-20-12-14-27(15-13-20)17-28-23(32)29(21-10-8-19(24)9-11-21)22(25-28)18-6-4-3-5-7-18/h3-11,20,26H,2,12-17H2,1H3. The van der Waals surface area contributed by atoms with Crippen LogP contribution < -0.4 is 4.72 Å². The molecule has 10 heteroatoms. The first-order chi connectivity index (χ1) is 15.9. The van der Waals surface area contributed by atoms with Gasteiger partial charge in [0.05, 0.1) is 18.1 Å². The van der Waals surface area contributed by atoms with Crippen molar-refractivity contribution < 1.29 is 12.8 Å². The van der Waals surface area contributed by atoms with Crippen LogP contribution in [-0.4, -0.2) is 52.5 Å². The van der Waals surface area contributed by atoms with E-state index in [4.69, 9.17) is 17.3 Å². The van der Waals surface area contributed by atoms with E-state index < -0.39 is 10.0 Å². The molecule has 1 saturated heterocycles. The number of hydrogen-bond acceptors (Lipinski definition) is 5. The van der Waals surface area contributed by atoms with Crippen LogP contribution in [0.25, 0.3) is 17.1 Å². The van der Waals surface area contributed by atoms with Crippen molar-refractivity contribution in [2.24, 2.45) is 0 Å². The molecule has 1 fully saturated rings. The van der Waals surface area contributed by atoms with Gasteiger partial charge in [-0.3, -0.25) is 9.47 Å². The third kappa shape index (κ3) is 5.75. The van der Waals surface area contributed by atoms with Gasteiger partial charge >= 0.3 is 0 Å². The van der Waals surface area contributed by atoms with Gasteiger partial charge in [0.1, 0.15) is 5.82 Å². The number of aromatic nitrogens is 3. The molecule has 176 valence electrons. The largest absolute Gasteiger partial charge is 0.284 e. The SMILES string of the molecule is CCCS(=O)(=O)NC1CCN(Cn2nc(-c3ccccc3)n(-c3ccc(F)cc3)c2=S)CC1. The Morgan fingerprint density at radius 1 is 1.09 bits per heavy atom. The molecule has 7 nitrogen and oxygen atoms in total. The molecule has 2 aromatic carbocycles. The Labute approximate surface area is 198 Å². The lowest BCUT2D eigenvalue weighted by molar-refractivity contribution is 0.157. The number of likely N-dealkylation sites (tertiary alicyclic amines) is 1. The number of nitrogens with one attached hydrogen (secondary N) is 1. The van der Waals surface area contributed by atoms with Gasteiger partial charge < -0.3 is 0 Å². The zero-order chi connectivity index (χ0) is 23.4. The summed E-state index contributed by atoms with van der Waals surface area (Å²) >= 11 is 5.77. The lowest BCUT2D eigenvalue weighted by Crippen LogP contribution is -2.45. The molecule has 0 saturated carbocycles. The van der Waals surface area contributed by atoms with Crippen LogP contribution in [0.15, 0.2) is 54.6 Å². The molecule has 0 unspecified atom stereocenters. The van der Waals surface area contributed by atoms with Gasteiger partial charge in [0.15, 0.2) is 5.82 Å². The average molecular weight is 490 g/mol. The van der Waals surface area contributed by atoms with Gasteiger partial charge in [-0.05, 0) is 55.7 Å². The Kier molecular flexibility index (Phi) is 7.38. The van der Waals surface area contributed by atoms with E-state index in [0.29, 0.717) is 23.7 Å². The first-order valence-corrected chi connectivity index (χ1v) is 13.2. The van der Waals surface area contributed by atoms with E-state index in [1.807, 2.05) is 41.8 Å². The van der Waals surface area contributed by atoms with Crippen LogP contribution in [0.5, 0.6) is 0 Å². The Hall–Kier alpha value is -2.40. The van der Waals surface area contributed by atoms with Gasteiger partial charge in [-0.2, -0.15) is 0 Å². The molecule has 0 bridgehead atoms. The highest BCUT2D eigenvalue weighted by Crippen LogP contribution is 2.23. The molecule has 0 spiro atoms. The first-order valence-electron chi connectivity index (χ1n) is 11.1. The van der Waals surface area contributed by atoms with E-state index in [1.54, 1.807) is 16.8 Å². The van der Waals surface area contributed by atoms with Gasteiger partial charge in [-0.15, -0.1) is 5.10 Å². The molecule has 33 heavy (non-hydrogen) atoms. The van der Waals surface area contributed by atoms with Crippen molar-refractivity contribution in [3.8, 4) is 17.1 Å². The molecule has 3 aromatic rings. The van der Waals surface area contributed by atoms with Crippen molar-refractivity contribution in [3.05, 3.63) is 65.2 Å². The Balaban J connectivity index is 1.55. The normalized spacial score (nSPS) is 15.7. The van der Waals surface area contributed by atoms with E-state index in [9.17, 15) is 12.8 Å². The minimum atomic E-state index is -3.21. The van der Waals surface area contributed by atoms with Crippen molar-refractivity contribution in [2.45, 2.75) is 38.9 Å². The second-order valence-corrected chi connectivity index (χ2v) is 10.5. The molecule has 0 atom stereocenters. The Bertz CT molecular complexity index is 1230. The highest BCUT2D eigenvalue weighted by Gasteiger charge is 2.24. The lowest BCUT2D eigenvalue weighted by atomic mass is 10.1. The maximum absolute atomic E-state index is 13.5. The van der Waals surface area contributed by atoms with Crippen molar-refractivity contribution >= 4 is 22.2 Å².